The van der Waals surface area contributed by atoms with Gasteiger partial charge in [-0.15, -0.1) is 0 Å². The van der Waals surface area contributed by atoms with Crippen LogP contribution in [-0.2, 0) is 13.2 Å². The van der Waals surface area contributed by atoms with Gasteiger partial charge in [-0.1, -0.05) is 65.7 Å². The van der Waals surface area contributed by atoms with E-state index in [-0.39, 0.29) is 0 Å². The quantitative estimate of drug-likeness (QED) is 0.303. The van der Waals surface area contributed by atoms with E-state index < -0.39 is 0 Å². The molecule has 31 heavy (non-hydrogen) atoms. The summed E-state index contributed by atoms with van der Waals surface area (Å²) in [5, 5.41) is 6.84. The standard InChI is InChI=1S/C25H22Cl2N2O2/c26-22-10-8-18(15-23(22)27)17-31-24-11-9-19-5-1-2-6-20(19)21(24)16-28-13-14-30-25-7-3-4-12-29-25/h1-12,15,28H,13-14,16-17H2. The van der Waals surface area contributed by atoms with Crippen molar-refractivity contribution in [3.63, 3.8) is 0 Å². The van der Waals surface area contributed by atoms with Crippen molar-refractivity contribution in [3.8, 4) is 11.6 Å². The molecule has 1 aromatic heterocycles. The van der Waals surface area contributed by atoms with Gasteiger partial charge in [0.25, 0.3) is 0 Å². The van der Waals surface area contributed by atoms with Crippen molar-refractivity contribution in [2.75, 3.05) is 13.2 Å². The number of halogens is 2. The SMILES string of the molecule is Clc1ccc(COc2ccc3ccccc3c2CNCCOc2ccccn2)cc1Cl. The van der Waals surface area contributed by atoms with Gasteiger partial charge in [0.2, 0.25) is 5.88 Å². The zero-order valence-corrected chi connectivity index (χ0v) is 18.4. The zero-order valence-electron chi connectivity index (χ0n) is 16.9. The fourth-order valence-corrected chi connectivity index (χ4v) is 3.62. The number of benzene rings is 3. The van der Waals surface area contributed by atoms with Crippen LogP contribution in [0.3, 0.4) is 0 Å². The minimum absolute atomic E-state index is 0.408. The number of nitrogens with one attached hydrogen (secondary N) is 1. The lowest BCUT2D eigenvalue weighted by molar-refractivity contribution is 0.295. The molecular formula is C25H22Cl2N2O2. The van der Waals surface area contributed by atoms with E-state index in [9.17, 15) is 0 Å². The number of rotatable bonds is 9. The number of hydrogen-bond donors (Lipinski definition) is 1. The van der Waals surface area contributed by atoms with E-state index in [0.717, 1.165) is 22.3 Å². The molecule has 3 aromatic carbocycles. The molecule has 0 aliphatic carbocycles. The van der Waals surface area contributed by atoms with E-state index in [0.29, 0.717) is 42.2 Å². The summed E-state index contributed by atoms with van der Waals surface area (Å²) in [6.07, 6.45) is 1.72. The molecule has 0 saturated heterocycles. The molecule has 0 atom stereocenters. The van der Waals surface area contributed by atoms with Crippen LogP contribution in [0.1, 0.15) is 11.1 Å². The molecule has 4 nitrogen and oxygen atoms in total. The van der Waals surface area contributed by atoms with Gasteiger partial charge in [-0.2, -0.15) is 0 Å². The molecule has 0 bridgehead atoms. The molecular weight excluding hydrogens is 431 g/mol. The van der Waals surface area contributed by atoms with Crippen molar-refractivity contribution in [1.29, 1.82) is 0 Å². The van der Waals surface area contributed by atoms with Crippen LogP contribution in [0.4, 0.5) is 0 Å². The maximum Gasteiger partial charge on any atom is 0.213 e. The normalized spacial score (nSPS) is 10.9. The molecule has 0 fully saturated rings. The van der Waals surface area contributed by atoms with Crippen LogP contribution >= 0.6 is 23.2 Å². The highest BCUT2D eigenvalue weighted by Crippen LogP contribution is 2.29. The van der Waals surface area contributed by atoms with Crippen molar-refractivity contribution in [2.45, 2.75) is 13.2 Å². The molecule has 0 spiro atoms. The molecule has 1 heterocycles. The zero-order chi connectivity index (χ0) is 21.5. The average Bonchev–Trinajstić information content (AvgIpc) is 2.81. The highest BCUT2D eigenvalue weighted by Gasteiger charge is 2.10. The van der Waals surface area contributed by atoms with Crippen LogP contribution in [0.5, 0.6) is 11.6 Å². The molecule has 4 rings (SSSR count). The molecule has 0 aliphatic rings. The summed E-state index contributed by atoms with van der Waals surface area (Å²) in [5.41, 5.74) is 2.07. The predicted octanol–water partition coefficient (Wildman–Crippen LogP) is 6.29. The maximum atomic E-state index is 6.17. The van der Waals surface area contributed by atoms with Gasteiger partial charge in [0.05, 0.1) is 10.0 Å². The van der Waals surface area contributed by atoms with Gasteiger partial charge in [0.1, 0.15) is 19.0 Å². The lowest BCUT2D eigenvalue weighted by atomic mass is 10.0. The van der Waals surface area contributed by atoms with Crippen LogP contribution in [0.25, 0.3) is 10.8 Å². The Hall–Kier alpha value is -2.79. The lowest BCUT2D eigenvalue weighted by Crippen LogP contribution is -2.21. The number of aromatic nitrogens is 1. The summed E-state index contributed by atoms with van der Waals surface area (Å²) < 4.78 is 11.8. The fourth-order valence-electron chi connectivity index (χ4n) is 3.30. The van der Waals surface area contributed by atoms with Gasteiger partial charge >= 0.3 is 0 Å². The monoisotopic (exact) mass is 452 g/mol. The van der Waals surface area contributed by atoms with Gasteiger partial charge in [0.15, 0.2) is 0 Å². The first-order valence-electron chi connectivity index (χ1n) is 10.0. The smallest absolute Gasteiger partial charge is 0.213 e. The first-order valence-corrected chi connectivity index (χ1v) is 10.8. The molecule has 158 valence electrons. The Morgan fingerprint density at radius 1 is 0.839 bits per heavy atom. The highest BCUT2D eigenvalue weighted by atomic mass is 35.5. The largest absolute Gasteiger partial charge is 0.489 e. The highest BCUT2D eigenvalue weighted by molar-refractivity contribution is 6.42. The number of ether oxygens (including phenoxy) is 2. The van der Waals surface area contributed by atoms with Crippen molar-refractivity contribution >= 4 is 34.0 Å². The van der Waals surface area contributed by atoms with E-state index in [1.165, 1.54) is 5.39 Å². The third-order valence-corrected chi connectivity index (χ3v) is 5.58. The van der Waals surface area contributed by atoms with Gasteiger partial charge in [-0.05, 0) is 40.6 Å². The predicted molar refractivity (Wildman–Crippen MR) is 126 cm³/mol. The summed E-state index contributed by atoms with van der Waals surface area (Å²) in [5.74, 6) is 1.46. The molecule has 1 N–H and O–H groups in total. The minimum Gasteiger partial charge on any atom is -0.489 e. The number of fused-ring (bicyclic) bond motifs is 1. The summed E-state index contributed by atoms with van der Waals surface area (Å²) >= 11 is 12.1. The first-order chi connectivity index (χ1) is 15.2. The maximum absolute atomic E-state index is 6.17. The third kappa shape index (κ3) is 5.67. The molecule has 0 saturated carbocycles. The van der Waals surface area contributed by atoms with Crippen molar-refractivity contribution in [1.82, 2.24) is 10.3 Å². The van der Waals surface area contributed by atoms with Crippen LogP contribution < -0.4 is 14.8 Å². The lowest BCUT2D eigenvalue weighted by Gasteiger charge is -2.15. The second-order valence-corrected chi connectivity index (χ2v) is 7.81. The molecule has 0 aliphatic heterocycles. The summed E-state index contributed by atoms with van der Waals surface area (Å²) in [7, 11) is 0. The van der Waals surface area contributed by atoms with Crippen LogP contribution in [-0.4, -0.2) is 18.1 Å². The Labute approximate surface area is 191 Å². The Kier molecular flexibility index (Phi) is 7.26. The van der Waals surface area contributed by atoms with Crippen molar-refractivity contribution in [2.24, 2.45) is 0 Å². The molecule has 4 aromatic rings. The number of hydrogen-bond acceptors (Lipinski definition) is 4. The van der Waals surface area contributed by atoms with Gasteiger partial charge in [-0.3, -0.25) is 0 Å². The number of nitrogens with zero attached hydrogens (tertiary/aromatic N) is 1. The van der Waals surface area contributed by atoms with Crippen molar-refractivity contribution in [3.05, 3.63) is 100 Å². The Bertz CT molecular complexity index is 1150. The Morgan fingerprint density at radius 3 is 2.55 bits per heavy atom. The average molecular weight is 453 g/mol. The van der Waals surface area contributed by atoms with E-state index in [4.69, 9.17) is 32.7 Å². The van der Waals surface area contributed by atoms with E-state index >= 15 is 0 Å². The van der Waals surface area contributed by atoms with E-state index in [1.807, 2.05) is 48.5 Å². The Balaban J connectivity index is 1.44. The second kappa shape index (κ2) is 10.5. The molecule has 0 unspecified atom stereocenters. The van der Waals surface area contributed by atoms with Gasteiger partial charge < -0.3 is 14.8 Å². The first kappa shape index (κ1) is 21.4. The van der Waals surface area contributed by atoms with E-state index in [2.05, 4.69) is 28.5 Å². The summed E-state index contributed by atoms with van der Waals surface area (Å²) in [6, 6.07) is 23.5. The third-order valence-electron chi connectivity index (χ3n) is 4.84. The molecule has 6 heteroatoms. The Morgan fingerprint density at radius 2 is 1.71 bits per heavy atom. The van der Waals surface area contributed by atoms with Crippen LogP contribution in [0.2, 0.25) is 10.0 Å². The fraction of sp³-hybridized carbons (Fsp3) is 0.160. The van der Waals surface area contributed by atoms with Crippen LogP contribution in [0.15, 0.2) is 79.0 Å². The van der Waals surface area contributed by atoms with Crippen molar-refractivity contribution < 1.29 is 9.47 Å². The minimum atomic E-state index is 0.408. The van der Waals surface area contributed by atoms with Gasteiger partial charge in [-0.25, -0.2) is 4.98 Å². The summed E-state index contributed by atoms with van der Waals surface area (Å²) in [4.78, 5) is 4.17. The topological polar surface area (TPSA) is 43.4 Å². The second-order valence-electron chi connectivity index (χ2n) is 6.99. The van der Waals surface area contributed by atoms with Crippen LogP contribution in [0, 0.1) is 0 Å². The molecule has 0 amide bonds. The van der Waals surface area contributed by atoms with Gasteiger partial charge in [0, 0.05) is 30.9 Å². The molecule has 0 radical (unpaired) electrons. The van der Waals surface area contributed by atoms with E-state index in [1.54, 1.807) is 12.3 Å². The number of pyridine rings is 1. The summed E-state index contributed by atoms with van der Waals surface area (Å²) in [6.45, 7) is 2.28.